The van der Waals surface area contributed by atoms with Gasteiger partial charge in [-0.15, -0.1) is 0 Å². The van der Waals surface area contributed by atoms with Gasteiger partial charge in [0, 0.05) is 40.4 Å². The van der Waals surface area contributed by atoms with Gasteiger partial charge in [0.1, 0.15) is 0 Å². The van der Waals surface area contributed by atoms with E-state index in [2.05, 4.69) is 6.92 Å². The summed E-state index contributed by atoms with van der Waals surface area (Å²) in [5, 5.41) is 0. The van der Waals surface area contributed by atoms with Crippen LogP contribution < -0.4 is 22.9 Å². The molecule has 0 aliphatic carbocycles. The molecule has 0 heterocycles. The molecule has 16 heavy (non-hydrogen) atoms. The fourth-order valence-electron chi connectivity index (χ4n) is 0.568. The zero-order valence-corrected chi connectivity index (χ0v) is 12.1. The van der Waals surface area contributed by atoms with Crippen molar-refractivity contribution in [2.75, 3.05) is 40.4 Å². The van der Waals surface area contributed by atoms with Gasteiger partial charge in [0.15, 0.2) is 0 Å². The molecule has 0 unspecified atom stereocenters. The Morgan fingerprint density at radius 2 is 1.12 bits per heavy atom. The summed E-state index contributed by atoms with van der Waals surface area (Å²) in [5.74, 6) is 0. The fraction of sp³-hybridized carbons (Fsp3) is 1.00. The summed E-state index contributed by atoms with van der Waals surface area (Å²) >= 11 is 0. The van der Waals surface area contributed by atoms with E-state index in [4.69, 9.17) is 31.8 Å². The van der Waals surface area contributed by atoms with E-state index in [0.717, 1.165) is 6.04 Å². The van der Waals surface area contributed by atoms with Crippen molar-refractivity contribution >= 4 is 9.28 Å². The maximum atomic E-state index is 5.06. The molecule has 0 aliphatic heterocycles. The standard InChI is InChI=1S/C5H14O2Si.2C2H8N2/c1-4-5-8(6-2)7-3;2*3-1-2-4/h8H,4-5H2,1-3H3;2*1-4H2. The predicted molar refractivity (Wildman–Crippen MR) is 72.5 cm³/mol. The molecule has 0 aromatic heterocycles. The Morgan fingerprint density at radius 1 is 0.812 bits per heavy atom. The molecule has 0 radical (unpaired) electrons. The monoisotopic (exact) mass is 254 g/mol. The van der Waals surface area contributed by atoms with E-state index < -0.39 is 9.28 Å². The van der Waals surface area contributed by atoms with Gasteiger partial charge in [-0.1, -0.05) is 13.3 Å². The van der Waals surface area contributed by atoms with Crippen LogP contribution >= 0.6 is 0 Å². The van der Waals surface area contributed by atoms with Gasteiger partial charge in [0.2, 0.25) is 0 Å². The van der Waals surface area contributed by atoms with E-state index in [1.54, 1.807) is 14.2 Å². The highest BCUT2D eigenvalue weighted by molar-refractivity contribution is 6.44. The fourth-order valence-corrected chi connectivity index (χ4v) is 1.70. The molecule has 0 aromatic carbocycles. The lowest BCUT2D eigenvalue weighted by atomic mass is 10.6. The van der Waals surface area contributed by atoms with Gasteiger partial charge in [-0.3, -0.25) is 0 Å². The van der Waals surface area contributed by atoms with Gasteiger partial charge < -0.3 is 31.8 Å². The summed E-state index contributed by atoms with van der Waals surface area (Å²) in [7, 11) is 2.24. The van der Waals surface area contributed by atoms with Crippen LogP contribution in [0.1, 0.15) is 13.3 Å². The van der Waals surface area contributed by atoms with E-state index in [0.29, 0.717) is 26.2 Å². The van der Waals surface area contributed by atoms with Crippen LogP contribution in [-0.4, -0.2) is 49.7 Å². The molecule has 0 aromatic rings. The zero-order chi connectivity index (χ0) is 13.2. The average Bonchev–Trinajstić information content (AvgIpc) is 2.36. The first-order chi connectivity index (χ1) is 7.67. The predicted octanol–water partition coefficient (Wildman–Crippen LogP) is -1.28. The lowest BCUT2D eigenvalue weighted by Crippen LogP contribution is -2.17. The summed E-state index contributed by atoms with van der Waals surface area (Å²) in [4.78, 5) is 0. The quantitative estimate of drug-likeness (QED) is 0.438. The molecule has 8 N–H and O–H groups in total. The first-order valence-corrected chi connectivity index (χ1v) is 7.30. The lowest BCUT2D eigenvalue weighted by Gasteiger charge is -2.07. The van der Waals surface area contributed by atoms with Crippen LogP contribution in [0, 0.1) is 0 Å². The van der Waals surface area contributed by atoms with Crippen LogP contribution in [0.15, 0.2) is 0 Å². The van der Waals surface area contributed by atoms with E-state index in [1.165, 1.54) is 6.42 Å². The second kappa shape index (κ2) is 24.3. The van der Waals surface area contributed by atoms with Crippen LogP contribution in [0.2, 0.25) is 6.04 Å². The molecule has 0 rings (SSSR count). The smallest absolute Gasteiger partial charge is 0.320 e. The number of hydrogen-bond donors (Lipinski definition) is 4. The van der Waals surface area contributed by atoms with Crippen LogP contribution in [0.25, 0.3) is 0 Å². The highest BCUT2D eigenvalue weighted by atomic mass is 28.3. The third kappa shape index (κ3) is 29.2. The van der Waals surface area contributed by atoms with E-state index in [1.807, 2.05) is 0 Å². The van der Waals surface area contributed by atoms with Crippen molar-refractivity contribution in [1.29, 1.82) is 0 Å². The van der Waals surface area contributed by atoms with Gasteiger partial charge in [-0.05, 0) is 6.04 Å². The minimum Gasteiger partial charge on any atom is -0.400 e. The van der Waals surface area contributed by atoms with Crippen molar-refractivity contribution in [2.45, 2.75) is 19.4 Å². The number of rotatable bonds is 6. The minimum atomic E-state index is -1.19. The Morgan fingerprint density at radius 3 is 1.19 bits per heavy atom. The van der Waals surface area contributed by atoms with Gasteiger partial charge in [0.05, 0.1) is 0 Å². The second-order valence-electron chi connectivity index (χ2n) is 2.84. The second-order valence-corrected chi connectivity index (χ2v) is 5.22. The minimum absolute atomic E-state index is 0.597. The molecule has 0 spiro atoms. The van der Waals surface area contributed by atoms with Crippen molar-refractivity contribution in [3.63, 3.8) is 0 Å². The Balaban J connectivity index is -0.000000179. The summed E-state index contributed by atoms with van der Waals surface area (Å²) in [5.41, 5.74) is 19.6. The van der Waals surface area contributed by atoms with E-state index in [-0.39, 0.29) is 0 Å². The van der Waals surface area contributed by atoms with Crippen LogP contribution in [0.5, 0.6) is 0 Å². The first kappa shape index (κ1) is 21.3. The molecule has 0 bridgehead atoms. The highest BCUT2D eigenvalue weighted by Gasteiger charge is 2.05. The first-order valence-electron chi connectivity index (χ1n) is 5.54. The molecule has 0 aliphatic rings. The summed E-state index contributed by atoms with van der Waals surface area (Å²) in [6.45, 7) is 4.53. The van der Waals surface area contributed by atoms with Crippen molar-refractivity contribution in [3.05, 3.63) is 0 Å². The van der Waals surface area contributed by atoms with Crippen LogP contribution in [-0.2, 0) is 8.85 Å². The Labute approximate surface area is 101 Å². The average molecular weight is 254 g/mol. The largest absolute Gasteiger partial charge is 0.400 e. The number of nitrogens with two attached hydrogens (primary N) is 4. The Bertz CT molecular complexity index is 89.6. The molecule has 6 nitrogen and oxygen atoms in total. The molecule has 0 fully saturated rings. The molecular weight excluding hydrogens is 224 g/mol. The number of hydrogen-bond acceptors (Lipinski definition) is 6. The van der Waals surface area contributed by atoms with Crippen LogP contribution in [0.4, 0.5) is 0 Å². The molecule has 7 heteroatoms. The topological polar surface area (TPSA) is 123 Å². The van der Waals surface area contributed by atoms with Crippen molar-refractivity contribution in [3.8, 4) is 0 Å². The third-order valence-electron chi connectivity index (χ3n) is 1.38. The third-order valence-corrected chi connectivity index (χ3v) is 3.48. The molecule has 0 saturated heterocycles. The Hall–Kier alpha value is -0.0231. The molecular formula is C9H30N4O2Si. The maximum Gasteiger partial charge on any atom is 0.320 e. The van der Waals surface area contributed by atoms with E-state index in [9.17, 15) is 0 Å². The Kier molecular flexibility index (Phi) is 32.3. The lowest BCUT2D eigenvalue weighted by molar-refractivity contribution is 0.277. The van der Waals surface area contributed by atoms with Crippen molar-refractivity contribution in [2.24, 2.45) is 22.9 Å². The van der Waals surface area contributed by atoms with E-state index >= 15 is 0 Å². The van der Waals surface area contributed by atoms with Gasteiger partial charge >= 0.3 is 9.28 Å². The van der Waals surface area contributed by atoms with Gasteiger partial charge in [-0.2, -0.15) is 0 Å². The van der Waals surface area contributed by atoms with Crippen molar-refractivity contribution < 1.29 is 8.85 Å². The maximum absolute atomic E-state index is 5.06. The molecule has 102 valence electrons. The molecule has 0 amide bonds. The van der Waals surface area contributed by atoms with Gasteiger partial charge in [-0.25, -0.2) is 0 Å². The SMILES string of the molecule is CCC[SiH](OC)OC.NCCN.NCCN. The normalized spacial score (nSPS) is 9.00. The highest BCUT2D eigenvalue weighted by Crippen LogP contribution is 1.96. The zero-order valence-electron chi connectivity index (χ0n) is 10.9. The van der Waals surface area contributed by atoms with Crippen LogP contribution in [0.3, 0.4) is 0 Å². The summed E-state index contributed by atoms with van der Waals surface area (Å²) < 4.78 is 10.1. The molecule has 0 saturated carbocycles. The summed E-state index contributed by atoms with van der Waals surface area (Å²) in [6.07, 6.45) is 1.17. The molecule has 0 atom stereocenters. The summed E-state index contributed by atoms with van der Waals surface area (Å²) in [6, 6.07) is 1.12. The van der Waals surface area contributed by atoms with Crippen molar-refractivity contribution in [1.82, 2.24) is 0 Å². The van der Waals surface area contributed by atoms with Gasteiger partial charge in [0.25, 0.3) is 0 Å².